The van der Waals surface area contributed by atoms with Crippen LogP contribution in [0.25, 0.3) is 0 Å². The van der Waals surface area contributed by atoms with E-state index in [2.05, 4.69) is 14.9 Å². The minimum Gasteiger partial charge on any atom is -0.350 e. The van der Waals surface area contributed by atoms with Crippen LogP contribution in [0.2, 0.25) is 0 Å². The molecule has 2 amide bonds. The lowest BCUT2D eigenvalue weighted by Gasteiger charge is -2.25. The molecule has 0 aliphatic rings. The Hall–Kier alpha value is -2.35. The van der Waals surface area contributed by atoms with Gasteiger partial charge in [0.1, 0.15) is 12.4 Å². The normalized spacial score (nSPS) is 11.2. The topological polar surface area (TPSA) is 75.2 Å². The van der Waals surface area contributed by atoms with Crippen LogP contribution in [0.5, 0.6) is 0 Å². The van der Waals surface area contributed by atoms with Crippen LogP contribution in [0.15, 0.2) is 29.6 Å². The lowest BCUT2D eigenvalue weighted by atomic mass is 10.1. The van der Waals surface area contributed by atoms with Crippen molar-refractivity contribution < 1.29 is 14.0 Å². The molecule has 2 aromatic rings. The van der Waals surface area contributed by atoms with Gasteiger partial charge in [-0.05, 0) is 50.0 Å². The summed E-state index contributed by atoms with van der Waals surface area (Å²) >= 11 is 1.06. The van der Waals surface area contributed by atoms with Gasteiger partial charge in [-0.25, -0.2) is 4.39 Å². The van der Waals surface area contributed by atoms with Crippen LogP contribution in [0.3, 0.4) is 0 Å². The van der Waals surface area contributed by atoms with Crippen LogP contribution in [-0.2, 0) is 11.3 Å². The number of amides is 2. The predicted octanol–water partition coefficient (Wildman–Crippen LogP) is 2.23. The van der Waals surface area contributed by atoms with Crippen molar-refractivity contribution in [3.8, 4) is 0 Å². The monoisotopic (exact) mass is 350 g/mol. The standard InChI is InChI=1S/C16H19FN4O2S/c1-16(2,3)18-14(22)9-21(15(23)13-10-24-20-19-13)8-11-4-6-12(17)7-5-11/h4-7,10H,8-9H2,1-3H3,(H,18,22). The van der Waals surface area contributed by atoms with Crippen molar-refractivity contribution in [1.29, 1.82) is 0 Å². The average Bonchev–Trinajstić information content (AvgIpc) is 3.00. The number of hydrogen-bond acceptors (Lipinski definition) is 5. The first-order chi connectivity index (χ1) is 11.2. The summed E-state index contributed by atoms with van der Waals surface area (Å²) in [4.78, 5) is 26.1. The van der Waals surface area contributed by atoms with Crippen molar-refractivity contribution in [3.05, 3.63) is 46.7 Å². The molecule has 0 aliphatic heterocycles. The third-order valence-electron chi connectivity index (χ3n) is 3.00. The molecule has 128 valence electrons. The maximum Gasteiger partial charge on any atom is 0.276 e. The van der Waals surface area contributed by atoms with E-state index in [1.807, 2.05) is 20.8 Å². The number of nitrogens with one attached hydrogen (secondary N) is 1. The highest BCUT2D eigenvalue weighted by molar-refractivity contribution is 7.03. The summed E-state index contributed by atoms with van der Waals surface area (Å²) in [6.07, 6.45) is 0. The van der Waals surface area contributed by atoms with Crippen LogP contribution >= 0.6 is 11.5 Å². The molecule has 0 radical (unpaired) electrons. The fourth-order valence-corrected chi connectivity index (χ4v) is 2.49. The van der Waals surface area contributed by atoms with E-state index in [1.165, 1.54) is 22.4 Å². The first-order valence-corrected chi connectivity index (χ1v) is 8.20. The molecule has 0 spiro atoms. The Bertz CT molecular complexity index is 696. The SMILES string of the molecule is CC(C)(C)NC(=O)CN(Cc1ccc(F)cc1)C(=O)c1csnn1. The van der Waals surface area contributed by atoms with Crippen molar-refractivity contribution in [2.24, 2.45) is 0 Å². The molecule has 0 unspecified atom stereocenters. The van der Waals surface area contributed by atoms with Crippen molar-refractivity contribution in [3.63, 3.8) is 0 Å². The zero-order valence-corrected chi connectivity index (χ0v) is 14.6. The van der Waals surface area contributed by atoms with Gasteiger partial charge in [-0.3, -0.25) is 9.59 Å². The van der Waals surface area contributed by atoms with Gasteiger partial charge in [0.05, 0.1) is 0 Å². The molecule has 0 saturated heterocycles. The Balaban J connectivity index is 2.16. The molecule has 0 saturated carbocycles. The maximum atomic E-state index is 13.0. The van der Waals surface area contributed by atoms with E-state index in [1.54, 1.807) is 12.1 Å². The number of carbonyl (C=O) groups is 2. The highest BCUT2D eigenvalue weighted by Crippen LogP contribution is 2.11. The van der Waals surface area contributed by atoms with Gasteiger partial charge in [0.25, 0.3) is 5.91 Å². The van der Waals surface area contributed by atoms with E-state index in [-0.39, 0.29) is 30.5 Å². The molecule has 1 N–H and O–H groups in total. The number of aromatic nitrogens is 2. The van der Waals surface area contributed by atoms with E-state index >= 15 is 0 Å². The summed E-state index contributed by atoms with van der Waals surface area (Å²) in [6.45, 7) is 5.64. The highest BCUT2D eigenvalue weighted by atomic mass is 32.1. The van der Waals surface area contributed by atoms with Crippen molar-refractivity contribution >= 4 is 23.3 Å². The zero-order chi connectivity index (χ0) is 17.7. The lowest BCUT2D eigenvalue weighted by Crippen LogP contribution is -2.47. The Labute approximate surface area is 143 Å². The van der Waals surface area contributed by atoms with E-state index in [4.69, 9.17) is 0 Å². The molecule has 0 bridgehead atoms. The first-order valence-electron chi connectivity index (χ1n) is 7.36. The average molecular weight is 350 g/mol. The number of halogens is 1. The molecule has 6 nitrogen and oxygen atoms in total. The maximum absolute atomic E-state index is 13.0. The van der Waals surface area contributed by atoms with Gasteiger partial charge < -0.3 is 10.2 Å². The summed E-state index contributed by atoms with van der Waals surface area (Å²) in [6, 6.07) is 5.79. The van der Waals surface area contributed by atoms with E-state index in [9.17, 15) is 14.0 Å². The highest BCUT2D eigenvalue weighted by Gasteiger charge is 2.23. The summed E-state index contributed by atoms with van der Waals surface area (Å²) in [5, 5.41) is 8.11. The summed E-state index contributed by atoms with van der Waals surface area (Å²) in [7, 11) is 0. The van der Waals surface area contributed by atoms with E-state index in [0.29, 0.717) is 0 Å². The Morgan fingerprint density at radius 3 is 2.46 bits per heavy atom. The number of benzene rings is 1. The number of carbonyl (C=O) groups excluding carboxylic acids is 2. The van der Waals surface area contributed by atoms with E-state index in [0.717, 1.165) is 17.1 Å². The quantitative estimate of drug-likeness (QED) is 0.897. The molecular weight excluding hydrogens is 331 g/mol. The number of rotatable bonds is 5. The van der Waals surface area contributed by atoms with Crippen LogP contribution in [0, 0.1) is 5.82 Å². The van der Waals surface area contributed by atoms with Crippen LogP contribution in [0.4, 0.5) is 4.39 Å². The first kappa shape index (κ1) is 18.0. The van der Waals surface area contributed by atoms with Crippen molar-refractivity contribution in [1.82, 2.24) is 19.8 Å². The molecule has 1 heterocycles. The third kappa shape index (κ3) is 5.38. The third-order valence-corrected chi connectivity index (χ3v) is 3.51. The molecule has 1 aromatic heterocycles. The molecule has 2 rings (SSSR count). The lowest BCUT2D eigenvalue weighted by molar-refractivity contribution is -0.123. The van der Waals surface area contributed by atoms with Gasteiger partial charge in [-0.2, -0.15) is 0 Å². The van der Waals surface area contributed by atoms with Crippen molar-refractivity contribution in [2.75, 3.05) is 6.54 Å². The van der Waals surface area contributed by atoms with Gasteiger partial charge in [0, 0.05) is 17.5 Å². The summed E-state index contributed by atoms with van der Waals surface area (Å²) < 4.78 is 16.7. The molecule has 0 fully saturated rings. The van der Waals surface area contributed by atoms with Crippen LogP contribution in [-0.4, -0.2) is 38.4 Å². The Morgan fingerprint density at radius 1 is 1.25 bits per heavy atom. The molecule has 1 aromatic carbocycles. The largest absolute Gasteiger partial charge is 0.350 e. The second-order valence-electron chi connectivity index (χ2n) is 6.38. The van der Waals surface area contributed by atoms with E-state index < -0.39 is 11.4 Å². The van der Waals surface area contributed by atoms with Gasteiger partial charge in [0.15, 0.2) is 5.69 Å². The van der Waals surface area contributed by atoms with Gasteiger partial charge in [-0.15, -0.1) is 5.10 Å². The minimum absolute atomic E-state index is 0.120. The van der Waals surface area contributed by atoms with Crippen LogP contribution < -0.4 is 5.32 Å². The van der Waals surface area contributed by atoms with Gasteiger partial charge >= 0.3 is 0 Å². The summed E-state index contributed by atoms with van der Waals surface area (Å²) in [5.41, 5.74) is 0.506. The fraction of sp³-hybridized carbons (Fsp3) is 0.375. The molecule has 8 heteroatoms. The molecule has 0 aliphatic carbocycles. The second-order valence-corrected chi connectivity index (χ2v) is 6.99. The molecule has 24 heavy (non-hydrogen) atoms. The summed E-state index contributed by atoms with van der Waals surface area (Å²) in [5.74, 6) is -1.02. The minimum atomic E-state index is -0.399. The Kier molecular flexibility index (Phi) is 5.61. The fourth-order valence-electron chi connectivity index (χ4n) is 2.06. The second kappa shape index (κ2) is 7.48. The van der Waals surface area contributed by atoms with Gasteiger partial charge in [-0.1, -0.05) is 16.6 Å². The van der Waals surface area contributed by atoms with Crippen molar-refractivity contribution in [2.45, 2.75) is 32.9 Å². The Morgan fingerprint density at radius 2 is 1.92 bits per heavy atom. The molecular formula is C16H19FN4O2S. The molecule has 0 atom stereocenters. The number of nitrogens with zero attached hydrogens (tertiary/aromatic N) is 3. The van der Waals surface area contributed by atoms with Crippen LogP contribution in [0.1, 0.15) is 36.8 Å². The number of hydrogen-bond donors (Lipinski definition) is 1. The predicted molar refractivity (Wildman–Crippen MR) is 88.9 cm³/mol. The van der Waals surface area contributed by atoms with Gasteiger partial charge in [0.2, 0.25) is 5.91 Å². The zero-order valence-electron chi connectivity index (χ0n) is 13.7. The smallest absolute Gasteiger partial charge is 0.276 e.